The van der Waals surface area contributed by atoms with Crippen LogP contribution in [0, 0.1) is 5.92 Å². The van der Waals surface area contributed by atoms with Gasteiger partial charge in [-0.2, -0.15) is 9.61 Å². The van der Waals surface area contributed by atoms with Crippen LogP contribution in [0.3, 0.4) is 0 Å². The summed E-state index contributed by atoms with van der Waals surface area (Å²) >= 11 is 6.18. The lowest BCUT2D eigenvalue weighted by atomic mass is 10.3. The Balaban J connectivity index is 1.75. The van der Waals surface area contributed by atoms with E-state index in [4.69, 9.17) is 11.6 Å². The first-order chi connectivity index (χ1) is 8.24. The molecular weight excluding hydrogens is 242 g/mol. The van der Waals surface area contributed by atoms with Crippen LogP contribution in [-0.2, 0) is 0 Å². The zero-order valence-electron chi connectivity index (χ0n) is 9.06. The minimum atomic E-state index is -0.340. The molecule has 1 saturated carbocycles. The van der Waals surface area contributed by atoms with Crippen molar-refractivity contribution in [3.63, 3.8) is 0 Å². The van der Waals surface area contributed by atoms with E-state index in [2.05, 4.69) is 20.6 Å². The van der Waals surface area contributed by atoms with Crippen molar-refractivity contribution in [1.82, 2.24) is 19.8 Å². The third-order valence-electron chi connectivity index (χ3n) is 2.89. The molecule has 90 valence electrons. The average Bonchev–Trinajstić information content (AvgIpc) is 3.12. The zero-order valence-corrected chi connectivity index (χ0v) is 9.81. The molecule has 0 amide bonds. The number of aromatic amines is 1. The second kappa shape index (κ2) is 4.03. The highest BCUT2D eigenvalue weighted by Crippen LogP contribution is 2.35. The Morgan fingerprint density at radius 1 is 1.59 bits per heavy atom. The van der Waals surface area contributed by atoms with E-state index in [1.807, 2.05) is 0 Å². The number of nitrogens with one attached hydrogen (secondary N) is 2. The fraction of sp³-hybridized carbons (Fsp3) is 0.500. The highest BCUT2D eigenvalue weighted by atomic mass is 35.5. The molecule has 0 bridgehead atoms. The number of H-pyrrole nitrogens is 1. The van der Waals surface area contributed by atoms with Gasteiger partial charge in [0.15, 0.2) is 5.65 Å². The molecular formula is C10H12ClN5O. The summed E-state index contributed by atoms with van der Waals surface area (Å²) in [5, 5.41) is 13.5. The van der Waals surface area contributed by atoms with Gasteiger partial charge in [-0.25, -0.2) is 9.89 Å². The molecule has 1 aliphatic rings. The van der Waals surface area contributed by atoms with Gasteiger partial charge in [-0.05, 0) is 30.9 Å². The number of aromatic nitrogens is 4. The smallest absolute Gasteiger partial charge is 0.364 e. The molecule has 2 N–H and O–H groups in total. The summed E-state index contributed by atoms with van der Waals surface area (Å²) in [6, 6.07) is 3.51. The Morgan fingerprint density at radius 2 is 2.41 bits per heavy atom. The molecule has 6 nitrogen and oxygen atoms in total. The van der Waals surface area contributed by atoms with E-state index in [-0.39, 0.29) is 11.1 Å². The molecule has 7 heteroatoms. The van der Waals surface area contributed by atoms with E-state index in [1.54, 1.807) is 12.1 Å². The largest absolute Gasteiger partial charge is 0.367 e. The maximum absolute atomic E-state index is 11.3. The molecule has 2 aromatic rings. The summed E-state index contributed by atoms with van der Waals surface area (Å²) in [7, 11) is 0. The van der Waals surface area contributed by atoms with Crippen LogP contribution in [0.4, 0.5) is 5.82 Å². The fourth-order valence-electron chi connectivity index (χ4n) is 1.72. The molecule has 3 rings (SSSR count). The molecule has 1 aliphatic carbocycles. The normalized spacial score (nSPS) is 17.2. The highest BCUT2D eigenvalue weighted by molar-refractivity contribution is 6.21. The minimum absolute atomic E-state index is 0.133. The van der Waals surface area contributed by atoms with Crippen LogP contribution in [0.25, 0.3) is 5.65 Å². The van der Waals surface area contributed by atoms with Crippen LogP contribution in [0.15, 0.2) is 16.9 Å². The molecule has 1 atom stereocenters. The Morgan fingerprint density at radius 3 is 3.18 bits per heavy atom. The summed E-state index contributed by atoms with van der Waals surface area (Å²) in [5.74, 6) is 1.26. The lowest BCUT2D eigenvalue weighted by Gasteiger charge is -2.09. The molecule has 1 unspecified atom stereocenters. The predicted octanol–water partition coefficient (Wildman–Crippen LogP) is 0.847. The van der Waals surface area contributed by atoms with E-state index in [9.17, 15) is 4.79 Å². The lowest BCUT2D eigenvalue weighted by molar-refractivity contribution is 0.763. The molecule has 17 heavy (non-hydrogen) atoms. The summed E-state index contributed by atoms with van der Waals surface area (Å²) < 4.78 is 1.22. The van der Waals surface area contributed by atoms with Gasteiger partial charge in [0.2, 0.25) is 0 Å². The van der Waals surface area contributed by atoms with Crippen LogP contribution in [-0.4, -0.2) is 31.7 Å². The fourth-order valence-corrected chi connectivity index (χ4v) is 2.05. The average molecular weight is 254 g/mol. The molecule has 0 spiro atoms. The van der Waals surface area contributed by atoms with Crippen LogP contribution in [0.1, 0.15) is 12.8 Å². The third kappa shape index (κ3) is 2.12. The summed E-state index contributed by atoms with van der Waals surface area (Å²) in [4.78, 5) is 11.3. The first kappa shape index (κ1) is 10.6. The number of fused-ring (bicyclic) bond motifs is 1. The van der Waals surface area contributed by atoms with E-state index in [0.717, 1.165) is 0 Å². The number of rotatable bonds is 4. The van der Waals surface area contributed by atoms with Gasteiger partial charge >= 0.3 is 5.69 Å². The van der Waals surface area contributed by atoms with Crippen molar-refractivity contribution >= 4 is 23.1 Å². The highest BCUT2D eigenvalue weighted by Gasteiger charge is 2.29. The number of nitrogens with zero attached hydrogens (tertiary/aromatic N) is 3. The molecule has 0 saturated heterocycles. The van der Waals surface area contributed by atoms with Gasteiger partial charge in [0.25, 0.3) is 0 Å². The third-order valence-corrected chi connectivity index (χ3v) is 3.40. The van der Waals surface area contributed by atoms with Crippen LogP contribution >= 0.6 is 11.6 Å². The van der Waals surface area contributed by atoms with Gasteiger partial charge in [-0.3, -0.25) is 0 Å². The van der Waals surface area contributed by atoms with Gasteiger partial charge in [0, 0.05) is 6.54 Å². The van der Waals surface area contributed by atoms with Crippen LogP contribution < -0.4 is 11.0 Å². The van der Waals surface area contributed by atoms with Crippen molar-refractivity contribution in [2.45, 2.75) is 18.2 Å². The summed E-state index contributed by atoms with van der Waals surface area (Å²) in [5.41, 5.74) is 0.165. The predicted molar refractivity (Wildman–Crippen MR) is 64.5 cm³/mol. The Labute approximate surface area is 102 Å². The maximum atomic E-state index is 11.3. The van der Waals surface area contributed by atoms with Crippen molar-refractivity contribution < 1.29 is 0 Å². The van der Waals surface area contributed by atoms with Crippen molar-refractivity contribution in [3.8, 4) is 0 Å². The molecule has 2 aromatic heterocycles. The minimum Gasteiger partial charge on any atom is -0.367 e. The number of hydrogen-bond acceptors (Lipinski definition) is 4. The molecule has 1 fully saturated rings. The number of hydrogen-bond donors (Lipinski definition) is 2. The van der Waals surface area contributed by atoms with Gasteiger partial charge in [0.1, 0.15) is 5.82 Å². The Bertz CT molecular complexity index is 588. The van der Waals surface area contributed by atoms with Crippen molar-refractivity contribution in [3.05, 3.63) is 22.6 Å². The summed E-state index contributed by atoms with van der Waals surface area (Å²) in [6.07, 6.45) is 2.42. The Kier molecular flexibility index (Phi) is 2.51. The number of halogens is 1. The van der Waals surface area contributed by atoms with Gasteiger partial charge < -0.3 is 5.32 Å². The monoisotopic (exact) mass is 253 g/mol. The van der Waals surface area contributed by atoms with E-state index >= 15 is 0 Å². The standard InChI is InChI=1S/C10H12ClN5O/c11-7(6-1-2-6)5-12-8-3-4-9-13-14-10(17)16(9)15-8/h3-4,6-7H,1-2,5H2,(H,12,15)(H,14,17). The molecule has 2 heterocycles. The van der Waals surface area contributed by atoms with Gasteiger partial charge in [-0.1, -0.05) is 0 Å². The molecule has 0 radical (unpaired) electrons. The zero-order chi connectivity index (χ0) is 11.8. The second-order valence-corrected chi connectivity index (χ2v) is 4.81. The molecule has 0 aliphatic heterocycles. The van der Waals surface area contributed by atoms with Crippen molar-refractivity contribution in [2.24, 2.45) is 5.92 Å². The SMILES string of the molecule is O=c1[nH]nc2ccc(NCC(Cl)C3CC3)nn12. The quantitative estimate of drug-likeness (QED) is 0.792. The van der Waals surface area contributed by atoms with Crippen LogP contribution in [0.5, 0.6) is 0 Å². The van der Waals surface area contributed by atoms with E-state index in [1.165, 1.54) is 17.4 Å². The maximum Gasteiger partial charge on any atom is 0.364 e. The van der Waals surface area contributed by atoms with E-state index in [0.29, 0.717) is 23.9 Å². The van der Waals surface area contributed by atoms with Gasteiger partial charge in [0.05, 0.1) is 5.38 Å². The van der Waals surface area contributed by atoms with Crippen molar-refractivity contribution in [2.75, 3.05) is 11.9 Å². The Hall–Kier alpha value is -1.56. The number of alkyl halides is 1. The van der Waals surface area contributed by atoms with Crippen LogP contribution in [0.2, 0.25) is 0 Å². The van der Waals surface area contributed by atoms with Gasteiger partial charge in [-0.15, -0.1) is 16.7 Å². The molecule has 0 aromatic carbocycles. The van der Waals surface area contributed by atoms with Crippen molar-refractivity contribution in [1.29, 1.82) is 0 Å². The number of anilines is 1. The first-order valence-electron chi connectivity index (χ1n) is 5.56. The first-order valence-corrected chi connectivity index (χ1v) is 6.00. The topological polar surface area (TPSA) is 75.1 Å². The summed E-state index contributed by atoms with van der Waals surface area (Å²) in [6.45, 7) is 0.664. The van der Waals surface area contributed by atoms with E-state index < -0.39 is 0 Å². The second-order valence-electron chi connectivity index (χ2n) is 4.25. The lowest BCUT2D eigenvalue weighted by Crippen LogP contribution is -2.19.